The quantitative estimate of drug-likeness (QED) is 0.832. The molecule has 0 aromatic heterocycles. The molecule has 7 heteroatoms. The van der Waals surface area contributed by atoms with Crippen LogP contribution in [0.5, 0.6) is 0 Å². The van der Waals surface area contributed by atoms with Gasteiger partial charge in [0.15, 0.2) is 0 Å². The van der Waals surface area contributed by atoms with E-state index in [0.29, 0.717) is 29.4 Å². The van der Waals surface area contributed by atoms with Gasteiger partial charge in [0.2, 0.25) is 0 Å². The monoisotopic (exact) mass is 362 g/mol. The molecule has 1 amide bonds. The molecule has 2 atom stereocenters. The summed E-state index contributed by atoms with van der Waals surface area (Å²) in [5, 5.41) is 3.27. The van der Waals surface area contributed by atoms with E-state index < -0.39 is 11.7 Å². The Bertz CT molecular complexity index is 564. The Hall–Kier alpha value is -1.08. The number of benzene rings is 1. The molecular weight excluding hydrogens is 349 g/mol. The summed E-state index contributed by atoms with van der Waals surface area (Å²) in [6.07, 6.45) is -4.44. The largest absolute Gasteiger partial charge is 0.416 e. The highest BCUT2D eigenvalue weighted by Gasteiger charge is 2.39. The van der Waals surface area contributed by atoms with Crippen molar-refractivity contribution in [3.8, 4) is 0 Å². The zero-order chi connectivity index (χ0) is 15.2. The van der Waals surface area contributed by atoms with Gasteiger partial charge in [-0.05, 0) is 46.0 Å². The van der Waals surface area contributed by atoms with Gasteiger partial charge >= 0.3 is 6.18 Å². The van der Waals surface area contributed by atoms with Crippen LogP contribution in [0, 0.1) is 11.8 Å². The maximum atomic E-state index is 12.8. The number of halogens is 4. The van der Waals surface area contributed by atoms with E-state index >= 15 is 0 Å². The van der Waals surface area contributed by atoms with Crippen molar-refractivity contribution in [2.75, 3.05) is 26.2 Å². The fourth-order valence-electron chi connectivity index (χ4n) is 3.06. The van der Waals surface area contributed by atoms with Crippen LogP contribution in [-0.4, -0.2) is 37.0 Å². The van der Waals surface area contributed by atoms with Crippen LogP contribution < -0.4 is 5.32 Å². The Labute approximate surface area is 128 Å². The van der Waals surface area contributed by atoms with Crippen LogP contribution >= 0.6 is 15.9 Å². The number of hydrogen-bond donors (Lipinski definition) is 1. The number of alkyl halides is 3. The lowest BCUT2D eigenvalue weighted by Gasteiger charge is -2.19. The highest BCUT2D eigenvalue weighted by molar-refractivity contribution is 9.10. The number of likely N-dealkylation sites (tertiary alicyclic amines) is 1. The first-order chi connectivity index (χ1) is 9.86. The molecular formula is C14H14BrF3N2O. The Balaban J connectivity index is 1.84. The van der Waals surface area contributed by atoms with Gasteiger partial charge in [-0.15, -0.1) is 0 Å². The number of hydrogen-bond acceptors (Lipinski definition) is 2. The maximum absolute atomic E-state index is 12.8. The van der Waals surface area contributed by atoms with Gasteiger partial charge in [-0.1, -0.05) is 0 Å². The van der Waals surface area contributed by atoms with E-state index in [1.807, 2.05) is 0 Å². The van der Waals surface area contributed by atoms with Crippen molar-refractivity contribution in [2.24, 2.45) is 11.8 Å². The molecule has 0 radical (unpaired) electrons. The van der Waals surface area contributed by atoms with Crippen LogP contribution in [0.2, 0.25) is 0 Å². The van der Waals surface area contributed by atoms with Crippen molar-refractivity contribution in [3.63, 3.8) is 0 Å². The molecule has 3 nitrogen and oxygen atoms in total. The molecule has 2 fully saturated rings. The van der Waals surface area contributed by atoms with E-state index in [1.54, 1.807) is 4.90 Å². The Kier molecular flexibility index (Phi) is 3.73. The molecule has 0 spiro atoms. The van der Waals surface area contributed by atoms with Crippen molar-refractivity contribution in [3.05, 3.63) is 33.8 Å². The van der Waals surface area contributed by atoms with Gasteiger partial charge in [-0.2, -0.15) is 13.2 Å². The average Bonchev–Trinajstić information content (AvgIpc) is 2.97. The van der Waals surface area contributed by atoms with E-state index in [2.05, 4.69) is 21.2 Å². The Morgan fingerprint density at radius 3 is 2.43 bits per heavy atom. The van der Waals surface area contributed by atoms with E-state index in [9.17, 15) is 18.0 Å². The minimum Gasteiger partial charge on any atom is -0.338 e. The van der Waals surface area contributed by atoms with Crippen molar-refractivity contribution in [1.82, 2.24) is 10.2 Å². The molecule has 1 aromatic rings. The molecule has 2 aliphatic rings. The fraction of sp³-hybridized carbons (Fsp3) is 0.500. The molecule has 2 saturated heterocycles. The minimum atomic E-state index is -4.44. The lowest BCUT2D eigenvalue weighted by molar-refractivity contribution is -0.137. The van der Waals surface area contributed by atoms with Crippen LogP contribution in [0.4, 0.5) is 13.2 Å². The van der Waals surface area contributed by atoms with E-state index in [4.69, 9.17) is 0 Å². The molecule has 114 valence electrons. The minimum absolute atomic E-state index is 0.0813. The van der Waals surface area contributed by atoms with Gasteiger partial charge in [-0.25, -0.2) is 0 Å². The molecule has 21 heavy (non-hydrogen) atoms. The van der Waals surface area contributed by atoms with Gasteiger partial charge in [0, 0.05) is 30.7 Å². The summed E-state index contributed by atoms with van der Waals surface area (Å²) in [4.78, 5) is 14.1. The predicted molar refractivity (Wildman–Crippen MR) is 74.9 cm³/mol. The first-order valence-electron chi connectivity index (χ1n) is 6.73. The van der Waals surface area contributed by atoms with Crippen LogP contribution in [0.15, 0.2) is 22.7 Å². The van der Waals surface area contributed by atoms with Crippen molar-refractivity contribution in [2.45, 2.75) is 6.18 Å². The first-order valence-corrected chi connectivity index (χ1v) is 7.52. The summed E-state index contributed by atoms with van der Waals surface area (Å²) in [7, 11) is 0. The maximum Gasteiger partial charge on any atom is 0.416 e. The lowest BCUT2D eigenvalue weighted by atomic mass is 10.0. The Morgan fingerprint density at radius 1 is 1.24 bits per heavy atom. The molecule has 0 bridgehead atoms. The predicted octanol–water partition coefficient (Wildman–Crippen LogP) is 2.76. The van der Waals surface area contributed by atoms with Gasteiger partial charge in [0.25, 0.3) is 5.91 Å². The van der Waals surface area contributed by atoms with Gasteiger partial charge < -0.3 is 10.2 Å². The third kappa shape index (κ3) is 2.81. The zero-order valence-electron chi connectivity index (χ0n) is 11.1. The Morgan fingerprint density at radius 2 is 1.86 bits per heavy atom. The molecule has 0 unspecified atom stereocenters. The highest BCUT2D eigenvalue weighted by Crippen LogP contribution is 2.33. The number of nitrogens with one attached hydrogen (secondary N) is 1. The molecule has 0 saturated carbocycles. The zero-order valence-corrected chi connectivity index (χ0v) is 12.7. The summed E-state index contributed by atoms with van der Waals surface area (Å²) >= 11 is 3.18. The smallest absolute Gasteiger partial charge is 0.338 e. The third-order valence-corrected chi connectivity index (χ3v) is 4.89. The van der Waals surface area contributed by atoms with Crippen molar-refractivity contribution < 1.29 is 18.0 Å². The second-order valence-electron chi connectivity index (χ2n) is 5.58. The molecule has 3 rings (SSSR count). The normalized spacial score (nSPS) is 25.2. The number of nitrogens with zero attached hydrogens (tertiary/aromatic N) is 1. The number of rotatable bonds is 1. The lowest BCUT2D eigenvalue weighted by Crippen LogP contribution is -2.32. The molecule has 1 N–H and O–H groups in total. The van der Waals surface area contributed by atoms with Gasteiger partial charge in [-0.3, -0.25) is 4.79 Å². The fourth-order valence-corrected chi connectivity index (χ4v) is 3.47. The van der Waals surface area contributed by atoms with Gasteiger partial charge in [0.05, 0.1) is 11.1 Å². The van der Waals surface area contributed by atoms with Crippen LogP contribution in [-0.2, 0) is 6.18 Å². The first kappa shape index (κ1) is 14.8. The molecule has 1 aromatic carbocycles. The number of fused-ring (bicyclic) bond motifs is 1. The van der Waals surface area contributed by atoms with Crippen LogP contribution in [0.25, 0.3) is 0 Å². The molecule has 2 aliphatic heterocycles. The van der Waals surface area contributed by atoms with E-state index in [-0.39, 0.29) is 11.5 Å². The average molecular weight is 363 g/mol. The number of amides is 1. The van der Waals surface area contributed by atoms with Crippen molar-refractivity contribution in [1.29, 1.82) is 0 Å². The second-order valence-corrected chi connectivity index (χ2v) is 6.44. The molecule has 2 heterocycles. The second kappa shape index (κ2) is 5.28. The van der Waals surface area contributed by atoms with Gasteiger partial charge in [0.1, 0.15) is 0 Å². The summed E-state index contributed by atoms with van der Waals surface area (Å²) in [6.45, 7) is 2.97. The van der Waals surface area contributed by atoms with Crippen molar-refractivity contribution >= 4 is 21.8 Å². The standard InChI is InChI=1S/C14H14BrF3N2O/c15-12-2-1-10(14(16,17)18)3-11(12)13(21)20-6-8-4-19-5-9(8)7-20/h1-3,8-9,19H,4-7H2/t8-,9+. The highest BCUT2D eigenvalue weighted by atomic mass is 79.9. The third-order valence-electron chi connectivity index (χ3n) is 4.20. The van der Waals surface area contributed by atoms with Crippen LogP contribution in [0.3, 0.4) is 0 Å². The van der Waals surface area contributed by atoms with Crippen LogP contribution in [0.1, 0.15) is 15.9 Å². The molecule has 0 aliphatic carbocycles. The number of carbonyl (C=O) groups is 1. The number of carbonyl (C=O) groups excluding carboxylic acids is 1. The topological polar surface area (TPSA) is 32.3 Å². The summed E-state index contributed by atoms with van der Waals surface area (Å²) in [5.41, 5.74) is -0.715. The SMILES string of the molecule is O=C(c1cc(C(F)(F)F)ccc1Br)N1C[C@H]2CNC[C@H]2C1. The van der Waals surface area contributed by atoms with E-state index in [0.717, 1.165) is 25.2 Å². The summed E-state index contributed by atoms with van der Waals surface area (Å²) in [6, 6.07) is 3.19. The summed E-state index contributed by atoms with van der Waals surface area (Å²) in [5.74, 6) is 0.499. The van der Waals surface area contributed by atoms with E-state index in [1.165, 1.54) is 6.07 Å². The summed E-state index contributed by atoms with van der Waals surface area (Å²) < 4.78 is 38.7.